The Morgan fingerprint density at radius 3 is 2.85 bits per heavy atom. The number of hydrogen-bond acceptors (Lipinski definition) is 6. The fourth-order valence-corrected chi connectivity index (χ4v) is 3.58. The number of hydrogen-bond donors (Lipinski definition) is 3. The van der Waals surface area contributed by atoms with Crippen molar-refractivity contribution in [2.75, 3.05) is 24.1 Å². The van der Waals surface area contributed by atoms with Crippen LogP contribution in [0, 0.1) is 0 Å². The van der Waals surface area contributed by atoms with Crippen LogP contribution in [0.5, 0.6) is 0 Å². The Kier molecular flexibility index (Phi) is 5.20. The number of aromatic nitrogens is 4. The molecule has 1 saturated heterocycles. The number of rotatable bonds is 7. The van der Waals surface area contributed by atoms with Crippen LogP contribution >= 0.6 is 0 Å². The molecule has 0 saturated carbocycles. The summed E-state index contributed by atoms with van der Waals surface area (Å²) < 4.78 is 1.91. The van der Waals surface area contributed by atoms with Gasteiger partial charge < -0.3 is 16.4 Å². The number of nitrogens with one attached hydrogen (secondary N) is 2. The maximum Gasteiger partial charge on any atom is 0.222 e. The molecule has 2 aromatic heterocycles. The zero-order valence-electron chi connectivity index (χ0n) is 15.8. The van der Waals surface area contributed by atoms with Gasteiger partial charge in [-0.2, -0.15) is 10.1 Å². The highest BCUT2D eigenvalue weighted by molar-refractivity contribution is 5.85. The first kappa shape index (κ1) is 17.7. The molecule has 7 heteroatoms. The maximum absolute atomic E-state index is 5.86. The van der Waals surface area contributed by atoms with Crippen LogP contribution in [0.15, 0.2) is 30.5 Å². The van der Waals surface area contributed by atoms with Gasteiger partial charge >= 0.3 is 0 Å². The van der Waals surface area contributed by atoms with E-state index in [9.17, 15) is 0 Å². The van der Waals surface area contributed by atoms with E-state index in [1.54, 1.807) is 0 Å². The minimum Gasteiger partial charge on any atom is -0.368 e. The molecule has 0 radical (unpaired) electrons. The molecular formula is C20H27N7. The van der Waals surface area contributed by atoms with Gasteiger partial charge in [0, 0.05) is 12.6 Å². The van der Waals surface area contributed by atoms with Gasteiger partial charge in [-0.3, -0.25) is 4.68 Å². The summed E-state index contributed by atoms with van der Waals surface area (Å²) in [7, 11) is 0. The van der Waals surface area contributed by atoms with Crippen molar-refractivity contribution in [2.24, 2.45) is 0 Å². The lowest BCUT2D eigenvalue weighted by Crippen LogP contribution is -2.12. The van der Waals surface area contributed by atoms with E-state index in [-0.39, 0.29) is 5.95 Å². The van der Waals surface area contributed by atoms with Gasteiger partial charge in [-0.15, -0.1) is 0 Å². The molecule has 0 aliphatic carbocycles. The van der Waals surface area contributed by atoms with Crippen LogP contribution in [0.1, 0.15) is 49.8 Å². The van der Waals surface area contributed by atoms with Crippen LogP contribution in [0.4, 0.5) is 11.8 Å². The highest BCUT2D eigenvalue weighted by atomic mass is 15.3. The van der Waals surface area contributed by atoms with Crippen LogP contribution < -0.4 is 16.4 Å². The van der Waals surface area contributed by atoms with E-state index in [2.05, 4.69) is 56.9 Å². The third kappa shape index (κ3) is 4.03. The average Bonchev–Trinajstić information content (AvgIpc) is 3.32. The van der Waals surface area contributed by atoms with Gasteiger partial charge in [0.1, 0.15) is 5.52 Å². The fourth-order valence-electron chi connectivity index (χ4n) is 3.58. The average molecular weight is 365 g/mol. The molecule has 0 spiro atoms. The van der Waals surface area contributed by atoms with Crippen molar-refractivity contribution in [2.45, 2.75) is 45.2 Å². The van der Waals surface area contributed by atoms with Crippen LogP contribution in [0.25, 0.3) is 11.0 Å². The van der Waals surface area contributed by atoms with Crippen molar-refractivity contribution >= 4 is 22.8 Å². The minimum atomic E-state index is 0.273. The Bertz CT molecular complexity index is 895. The number of benzene rings is 1. The summed E-state index contributed by atoms with van der Waals surface area (Å²) in [6, 6.07) is 9.31. The minimum absolute atomic E-state index is 0.273. The number of unbranched alkanes of at least 4 members (excludes halogenated alkanes) is 1. The van der Waals surface area contributed by atoms with Crippen molar-refractivity contribution < 1.29 is 0 Å². The van der Waals surface area contributed by atoms with E-state index in [1.165, 1.54) is 24.0 Å². The molecule has 0 amide bonds. The van der Waals surface area contributed by atoms with Gasteiger partial charge in [0.2, 0.25) is 5.95 Å². The standard InChI is InChI=1S/C20H27N7/c1-2-3-10-23-19-18-17(24-20(21)25-19)13-27(26-18)12-14-6-8-15(9-7-14)16-5-4-11-22-16/h6-9,13,16,22H,2-5,10-12H2,1H3,(H3,21,23,24,25). The summed E-state index contributed by atoms with van der Waals surface area (Å²) in [6.45, 7) is 4.83. The molecule has 1 aromatic carbocycles. The topological polar surface area (TPSA) is 93.7 Å². The Labute approximate surface area is 159 Å². The van der Waals surface area contributed by atoms with E-state index < -0.39 is 0 Å². The van der Waals surface area contributed by atoms with Gasteiger partial charge in [-0.05, 0) is 36.9 Å². The molecule has 1 aliphatic rings. The fraction of sp³-hybridized carbons (Fsp3) is 0.450. The molecule has 142 valence electrons. The third-order valence-corrected chi connectivity index (χ3v) is 5.04. The molecule has 1 fully saturated rings. The molecule has 1 aliphatic heterocycles. The summed E-state index contributed by atoms with van der Waals surface area (Å²) >= 11 is 0. The van der Waals surface area contributed by atoms with Gasteiger partial charge in [0.25, 0.3) is 0 Å². The van der Waals surface area contributed by atoms with Gasteiger partial charge in [0.05, 0.1) is 12.7 Å². The third-order valence-electron chi connectivity index (χ3n) is 5.04. The molecule has 3 aromatic rings. The second-order valence-electron chi connectivity index (χ2n) is 7.16. The normalized spacial score (nSPS) is 16.9. The second-order valence-corrected chi connectivity index (χ2v) is 7.16. The van der Waals surface area contributed by atoms with Crippen LogP contribution in [-0.4, -0.2) is 32.8 Å². The number of anilines is 2. The van der Waals surface area contributed by atoms with E-state index in [4.69, 9.17) is 5.73 Å². The van der Waals surface area contributed by atoms with E-state index in [0.717, 1.165) is 37.0 Å². The lowest BCUT2D eigenvalue weighted by atomic mass is 10.0. The second kappa shape index (κ2) is 7.92. The van der Waals surface area contributed by atoms with Crippen LogP contribution in [-0.2, 0) is 6.54 Å². The zero-order chi connectivity index (χ0) is 18.6. The molecule has 7 nitrogen and oxygen atoms in total. The van der Waals surface area contributed by atoms with E-state index in [0.29, 0.717) is 18.4 Å². The number of fused-ring (bicyclic) bond motifs is 1. The highest BCUT2D eigenvalue weighted by Crippen LogP contribution is 2.24. The Balaban J connectivity index is 1.52. The first-order valence-corrected chi connectivity index (χ1v) is 9.79. The molecule has 4 N–H and O–H groups in total. The molecule has 3 heterocycles. The predicted molar refractivity (Wildman–Crippen MR) is 109 cm³/mol. The lowest BCUT2D eigenvalue weighted by Gasteiger charge is -2.11. The van der Waals surface area contributed by atoms with Crippen molar-refractivity contribution in [3.63, 3.8) is 0 Å². The van der Waals surface area contributed by atoms with Crippen LogP contribution in [0.2, 0.25) is 0 Å². The lowest BCUT2D eigenvalue weighted by molar-refractivity contribution is 0.646. The first-order valence-electron chi connectivity index (χ1n) is 9.79. The number of nitrogens with two attached hydrogens (primary N) is 1. The van der Waals surface area contributed by atoms with Crippen molar-refractivity contribution in [3.8, 4) is 0 Å². The molecule has 0 bridgehead atoms. The molecule has 4 rings (SSSR count). The molecule has 1 atom stereocenters. The number of nitrogen functional groups attached to an aromatic ring is 1. The van der Waals surface area contributed by atoms with Gasteiger partial charge in [-0.1, -0.05) is 37.6 Å². The summed E-state index contributed by atoms with van der Waals surface area (Å²) in [6.07, 6.45) is 6.61. The number of nitrogens with zero attached hydrogens (tertiary/aromatic N) is 4. The summed E-state index contributed by atoms with van der Waals surface area (Å²) in [4.78, 5) is 8.65. The van der Waals surface area contributed by atoms with E-state index >= 15 is 0 Å². The van der Waals surface area contributed by atoms with Gasteiger partial charge in [-0.25, -0.2) is 4.98 Å². The smallest absolute Gasteiger partial charge is 0.222 e. The summed E-state index contributed by atoms with van der Waals surface area (Å²) in [5, 5.41) is 11.6. The predicted octanol–water partition coefficient (Wildman–Crippen LogP) is 3.09. The monoisotopic (exact) mass is 365 g/mol. The zero-order valence-corrected chi connectivity index (χ0v) is 15.8. The SMILES string of the molecule is CCCCNc1nc(N)nc2cn(Cc3ccc(C4CCCN4)cc3)nc12. The van der Waals surface area contributed by atoms with Crippen LogP contribution in [0.3, 0.4) is 0 Å². The highest BCUT2D eigenvalue weighted by Gasteiger charge is 2.16. The van der Waals surface area contributed by atoms with Crippen molar-refractivity contribution in [1.82, 2.24) is 25.1 Å². The summed E-state index contributed by atoms with van der Waals surface area (Å²) in [5.74, 6) is 0.988. The van der Waals surface area contributed by atoms with Gasteiger partial charge in [0.15, 0.2) is 11.3 Å². The van der Waals surface area contributed by atoms with E-state index in [1.807, 2.05) is 10.9 Å². The maximum atomic E-state index is 5.86. The molecule has 1 unspecified atom stereocenters. The molecular weight excluding hydrogens is 338 g/mol. The Morgan fingerprint density at radius 2 is 2.11 bits per heavy atom. The van der Waals surface area contributed by atoms with Crippen molar-refractivity contribution in [3.05, 3.63) is 41.6 Å². The first-order chi connectivity index (χ1) is 13.2. The molecule has 27 heavy (non-hydrogen) atoms. The largest absolute Gasteiger partial charge is 0.368 e. The quantitative estimate of drug-likeness (QED) is 0.557. The summed E-state index contributed by atoms with van der Waals surface area (Å²) in [5.41, 5.74) is 9.98. The Morgan fingerprint density at radius 1 is 1.26 bits per heavy atom. The Hall–Kier alpha value is -2.67. The van der Waals surface area contributed by atoms with Crippen molar-refractivity contribution in [1.29, 1.82) is 0 Å².